The van der Waals surface area contributed by atoms with Crippen LogP contribution in [-0.4, -0.2) is 52.0 Å². The van der Waals surface area contributed by atoms with Gasteiger partial charge in [-0.2, -0.15) is 10.2 Å². The third kappa shape index (κ3) is 5.45. The lowest BCUT2D eigenvalue weighted by Gasteiger charge is -2.60. The van der Waals surface area contributed by atoms with Crippen molar-refractivity contribution in [3.8, 4) is 6.07 Å². The number of aliphatic hydroxyl groups is 2. The molecule has 0 saturated heterocycles. The Hall–Kier alpha value is -2.44. The average molecular weight is 511 g/mol. The summed E-state index contributed by atoms with van der Waals surface area (Å²) in [6.07, 6.45) is 7.61. The highest BCUT2D eigenvalue weighted by molar-refractivity contribution is 6.31. The number of nitrogens with one attached hydrogen (secondary N) is 3. The summed E-state index contributed by atoms with van der Waals surface area (Å²) in [5, 5.41) is 39.6. The Labute approximate surface area is 217 Å². The van der Waals surface area contributed by atoms with Gasteiger partial charge in [-0.05, 0) is 79.9 Å². The van der Waals surface area contributed by atoms with E-state index >= 15 is 0 Å². The van der Waals surface area contributed by atoms with Crippen molar-refractivity contribution in [2.45, 2.75) is 57.2 Å². The minimum absolute atomic E-state index is 0.180. The summed E-state index contributed by atoms with van der Waals surface area (Å²) in [6, 6.07) is 10.4. The summed E-state index contributed by atoms with van der Waals surface area (Å²) in [5.74, 6) is 3.09. The van der Waals surface area contributed by atoms with Crippen molar-refractivity contribution in [2.24, 2.45) is 23.2 Å². The molecule has 2 aromatic rings. The molecule has 0 aliphatic heterocycles. The van der Waals surface area contributed by atoms with E-state index in [1.54, 1.807) is 6.20 Å². The number of nitrogens with zero attached hydrogens (tertiary/aromatic N) is 3. The van der Waals surface area contributed by atoms with Crippen molar-refractivity contribution in [2.75, 3.05) is 30.3 Å². The fourth-order valence-corrected chi connectivity index (χ4v) is 7.22. The molecule has 1 aromatic carbocycles. The molecule has 1 aromatic heterocycles. The van der Waals surface area contributed by atoms with Gasteiger partial charge in [0, 0.05) is 24.2 Å². The van der Waals surface area contributed by atoms with Crippen LogP contribution in [0.1, 0.15) is 49.7 Å². The second kappa shape index (κ2) is 10.9. The predicted molar refractivity (Wildman–Crippen MR) is 140 cm³/mol. The molecule has 0 radical (unpaired) electrons. The molecule has 4 bridgehead atoms. The molecule has 4 saturated carbocycles. The van der Waals surface area contributed by atoms with Crippen LogP contribution in [0, 0.1) is 34.5 Å². The van der Waals surface area contributed by atoms with E-state index < -0.39 is 6.10 Å². The maximum absolute atomic E-state index is 9.68. The molecule has 6 atom stereocenters. The van der Waals surface area contributed by atoms with Gasteiger partial charge in [-0.25, -0.2) is 4.98 Å². The number of anilines is 2. The molecule has 8 nitrogen and oxygen atoms in total. The Morgan fingerprint density at radius 2 is 1.94 bits per heavy atom. The molecule has 5 N–H and O–H groups in total. The highest BCUT2D eigenvalue weighted by Gasteiger charge is 2.55. The molecular weight excluding hydrogens is 476 g/mol. The quantitative estimate of drug-likeness (QED) is 0.310. The van der Waals surface area contributed by atoms with Crippen LogP contribution in [0.5, 0.6) is 0 Å². The Kier molecular flexibility index (Phi) is 7.63. The van der Waals surface area contributed by atoms with Crippen molar-refractivity contribution in [3.05, 3.63) is 46.6 Å². The normalized spacial score (nSPS) is 29.1. The number of rotatable bonds is 11. The monoisotopic (exact) mass is 510 g/mol. The average Bonchev–Trinajstić information content (AvgIpc) is 2.88. The molecule has 0 amide bonds. The van der Waals surface area contributed by atoms with Crippen LogP contribution in [0.3, 0.4) is 0 Å². The number of aliphatic hydroxyl groups excluding tert-OH is 2. The first-order valence-corrected chi connectivity index (χ1v) is 13.4. The second-order valence-corrected chi connectivity index (χ2v) is 11.3. The van der Waals surface area contributed by atoms with Gasteiger partial charge in [0.15, 0.2) is 0 Å². The van der Waals surface area contributed by atoms with E-state index in [2.05, 4.69) is 32.0 Å². The summed E-state index contributed by atoms with van der Waals surface area (Å²) in [4.78, 5) is 8.95. The summed E-state index contributed by atoms with van der Waals surface area (Å²) in [6.45, 7) is 1.87. The summed E-state index contributed by atoms with van der Waals surface area (Å²) < 4.78 is 0. The van der Waals surface area contributed by atoms with Crippen LogP contribution >= 0.6 is 11.6 Å². The van der Waals surface area contributed by atoms with Gasteiger partial charge in [-0.15, -0.1) is 0 Å². The first-order valence-electron chi connectivity index (χ1n) is 13.0. The fourth-order valence-electron chi connectivity index (χ4n) is 7.02. The highest BCUT2D eigenvalue weighted by atomic mass is 35.5. The van der Waals surface area contributed by atoms with E-state index in [0.717, 1.165) is 37.4 Å². The first-order chi connectivity index (χ1) is 17.5. The van der Waals surface area contributed by atoms with Crippen LogP contribution < -0.4 is 16.0 Å². The van der Waals surface area contributed by atoms with Gasteiger partial charge in [0.1, 0.15) is 17.5 Å². The van der Waals surface area contributed by atoms with Gasteiger partial charge in [0.25, 0.3) is 0 Å². The summed E-state index contributed by atoms with van der Waals surface area (Å²) in [7, 11) is 0. The Morgan fingerprint density at radius 1 is 1.17 bits per heavy atom. The van der Waals surface area contributed by atoms with Crippen LogP contribution in [0.2, 0.25) is 5.02 Å². The molecule has 192 valence electrons. The molecule has 1 heterocycles. The SMILES string of the molecule is N#Cc1cnc(NCc2ccccc2Cl)nc1NCC12CC3C[C@H](C1)C(NCC[C@H](O)CO)[C@@H](C3)C2. The fraction of sp³-hybridized carbons (Fsp3) is 0.593. The van der Waals surface area contributed by atoms with Crippen LogP contribution in [-0.2, 0) is 6.54 Å². The number of hydrogen-bond donors (Lipinski definition) is 5. The maximum atomic E-state index is 9.68. The first kappa shape index (κ1) is 25.2. The molecule has 36 heavy (non-hydrogen) atoms. The molecule has 6 rings (SSSR count). The number of hydrogen-bond acceptors (Lipinski definition) is 8. The van der Waals surface area contributed by atoms with Crippen molar-refractivity contribution in [1.82, 2.24) is 15.3 Å². The van der Waals surface area contributed by atoms with Crippen LogP contribution in [0.4, 0.5) is 11.8 Å². The molecule has 9 heteroatoms. The molecule has 4 aliphatic rings. The smallest absolute Gasteiger partial charge is 0.224 e. The van der Waals surface area contributed by atoms with E-state index in [1.165, 1.54) is 19.3 Å². The van der Waals surface area contributed by atoms with Crippen molar-refractivity contribution in [3.63, 3.8) is 0 Å². The highest BCUT2D eigenvalue weighted by Crippen LogP contribution is 2.60. The third-order valence-electron chi connectivity index (χ3n) is 8.40. The van der Waals surface area contributed by atoms with Gasteiger partial charge >= 0.3 is 0 Å². The van der Waals surface area contributed by atoms with Gasteiger partial charge in [0.05, 0.1) is 18.9 Å². The largest absolute Gasteiger partial charge is 0.394 e. The van der Waals surface area contributed by atoms with E-state index in [9.17, 15) is 10.4 Å². The zero-order chi connectivity index (χ0) is 25.1. The summed E-state index contributed by atoms with van der Waals surface area (Å²) in [5.41, 5.74) is 1.64. The standard InChI is InChI=1S/C27H35ClN6O2/c28-23-4-2-1-3-18(23)13-31-26-32-14-21(12-29)25(34-26)33-16-27-9-17-7-19(10-27)24(20(8-17)11-27)30-6-5-22(36)15-35/h1-4,14,17,19-20,22,24,30,35-36H,5-11,13,15-16H2,(H2,31,32,33,34)/t17?,19-,20+,22-,24?,27?/m0/s1. The van der Waals surface area contributed by atoms with Gasteiger partial charge < -0.3 is 26.2 Å². The number of halogens is 1. The van der Waals surface area contributed by atoms with E-state index in [1.807, 2.05) is 24.3 Å². The molecule has 4 fully saturated rings. The Morgan fingerprint density at radius 3 is 2.67 bits per heavy atom. The lowest BCUT2D eigenvalue weighted by molar-refractivity contribution is -0.0699. The predicted octanol–water partition coefficient (Wildman–Crippen LogP) is 3.55. The van der Waals surface area contributed by atoms with Crippen molar-refractivity contribution >= 4 is 23.4 Å². The van der Waals surface area contributed by atoms with E-state index in [0.29, 0.717) is 53.2 Å². The second-order valence-electron chi connectivity index (χ2n) is 10.9. The lowest BCUT2D eigenvalue weighted by Crippen LogP contribution is -2.59. The number of benzene rings is 1. The number of nitriles is 1. The minimum Gasteiger partial charge on any atom is -0.394 e. The van der Waals surface area contributed by atoms with Gasteiger partial charge in [-0.1, -0.05) is 29.8 Å². The topological polar surface area (TPSA) is 126 Å². The molecular formula is C27H35ClN6O2. The van der Waals surface area contributed by atoms with Gasteiger partial charge in [-0.3, -0.25) is 0 Å². The van der Waals surface area contributed by atoms with Crippen LogP contribution in [0.15, 0.2) is 30.5 Å². The van der Waals surface area contributed by atoms with Gasteiger partial charge in [0.2, 0.25) is 5.95 Å². The summed E-state index contributed by atoms with van der Waals surface area (Å²) >= 11 is 6.27. The Bertz CT molecular complexity index is 1090. The molecule has 3 unspecified atom stereocenters. The third-order valence-corrected chi connectivity index (χ3v) is 8.77. The maximum Gasteiger partial charge on any atom is 0.224 e. The zero-order valence-electron chi connectivity index (χ0n) is 20.5. The van der Waals surface area contributed by atoms with Crippen molar-refractivity contribution in [1.29, 1.82) is 5.26 Å². The van der Waals surface area contributed by atoms with E-state index in [4.69, 9.17) is 16.7 Å². The molecule has 0 spiro atoms. The lowest BCUT2D eigenvalue weighted by atomic mass is 9.48. The molecule has 4 aliphatic carbocycles. The van der Waals surface area contributed by atoms with Crippen LogP contribution in [0.25, 0.3) is 0 Å². The minimum atomic E-state index is -0.642. The van der Waals surface area contributed by atoms with Crippen molar-refractivity contribution < 1.29 is 10.2 Å². The number of aromatic nitrogens is 2. The Balaban J connectivity index is 1.22. The van der Waals surface area contributed by atoms with E-state index in [-0.39, 0.29) is 12.0 Å². The zero-order valence-corrected chi connectivity index (χ0v) is 21.2.